The number of fused-ring (bicyclic) bond motifs is 3. The van der Waals surface area contributed by atoms with Gasteiger partial charge >= 0.3 is 0 Å². The van der Waals surface area contributed by atoms with Crippen molar-refractivity contribution in [1.82, 2.24) is 0 Å². The van der Waals surface area contributed by atoms with E-state index in [0.29, 0.717) is 33.6 Å². The highest BCUT2D eigenvalue weighted by Gasteiger charge is 2.19. The average Bonchev–Trinajstić information content (AvgIpc) is 3.13. The number of phenols is 1. The number of methoxy groups -OCH3 is 2. The second kappa shape index (κ2) is 6.64. The van der Waals surface area contributed by atoms with E-state index in [9.17, 15) is 9.90 Å². The Labute approximate surface area is 160 Å². The van der Waals surface area contributed by atoms with Crippen molar-refractivity contribution in [3.63, 3.8) is 0 Å². The summed E-state index contributed by atoms with van der Waals surface area (Å²) in [7, 11) is 2.96. The number of hydrogen-bond donors (Lipinski definition) is 1. The first-order valence-electron chi connectivity index (χ1n) is 8.88. The van der Waals surface area contributed by atoms with Gasteiger partial charge in [-0.1, -0.05) is 13.8 Å². The van der Waals surface area contributed by atoms with Gasteiger partial charge in [0.15, 0.2) is 11.5 Å². The SMILES string of the molecule is COc1cc(O)c(-c2coc3c(ccc4oc(C(C)C)cc43)c2=O)cc1OC. The van der Waals surface area contributed by atoms with Gasteiger partial charge in [0, 0.05) is 17.5 Å². The minimum absolute atomic E-state index is 0.101. The monoisotopic (exact) mass is 380 g/mol. The molecule has 0 saturated heterocycles. The quantitative estimate of drug-likeness (QED) is 0.533. The molecule has 0 radical (unpaired) electrons. The highest BCUT2D eigenvalue weighted by atomic mass is 16.5. The summed E-state index contributed by atoms with van der Waals surface area (Å²) in [5.41, 5.74) is 1.42. The largest absolute Gasteiger partial charge is 0.507 e. The molecule has 2 aromatic carbocycles. The third-order valence-corrected chi connectivity index (χ3v) is 4.82. The minimum Gasteiger partial charge on any atom is -0.507 e. The van der Waals surface area contributed by atoms with Crippen LogP contribution in [0.5, 0.6) is 17.2 Å². The summed E-state index contributed by atoms with van der Waals surface area (Å²) >= 11 is 0. The zero-order valence-electron chi connectivity index (χ0n) is 16.0. The van der Waals surface area contributed by atoms with Gasteiger partial charge in [-0.25, -0.2) is 0 Å². The van der Waals surface area contributed by atoms with Crippen LogP contribution in [0.15, 0.2) is 50.2 Å². The van der Waals surface area contributed by atoms with E-state index in [1.807, 2.05) is 19.9 Å². The van der Waals surface area contributed by atoms with Crippen molar-refractivity contribution in [2.45, 2.75) is 19.8 Å². The van der Waals surface area contributed by atoms with E-state index in [-0.39, 0.29) is 22.7 Å². The summed E-state index contributed by atoms with van der Waals surface area (Å²) in [6.07, 6.45) is 1.35. The second-order valence-corrected chi connectivity index (χ2v) is 6.86. The average molecular weight is 380 g/mol. The van der Waals surface area contributed by atoms with E-state index >= 15 is 0 Å². The molecular formula is C22H20O6. The lowest BCUT2D eigenvalue weighted by molar-refractivity contribution is 0.352. The summed E-state index contributed by atoms with van der Waals surface area (Å²) in [4.78, 5) is 13.1. The molecule has 0 spiro atoms. The molecule has 0 fully saturated rings. The van der Waals surface area contributed by atoms with E-state index in [0.717, 1.165) is 11.1 Å². The summed E-state index contributed by atoms with van der Waals surface area (Å²) in [5, 5.41) is 11.6. The van der Waals surface area contributed by atoms with Crippen LogP contribution in [0.3, 0.4) is 0 Å². The summed E-state index contributed by atoms with van der Waals surface area (Å²) in [6.45, 7) is 4.07. The van der Waals surface area contributed by atoms with Gasteiger partial charge in [0.05, 0.1) is 30.6 Å². The van der Waals surface area contributed by atoms with E-state index in [4.69, 9.17) is 18.3 Å². The Kier molecular flexibility index (Phi) is 4.26. The third kappa shape index (κ3) is 2.69. The van der Waals surface area contributed by atoms with Crippen molar-refractivity contribution in [1.29, 1.82) is 0 Å². The van der Waals surface area contributed by atoms with Crippen molar-refractivity contribution in [3.8, 4) is 28.4 Å². The van der Waals surface area contributed by atoms with Crippen LogP contribution < -0.4 is 14.9 Å². The Morgan fingerprint density at radius 1 is 0.964 bits per heavy atom. The number of ether oxygens (including phenoxy) is 2. The van der Waals surface area contributed by atoms with Crippen LogP contribution in [0.1, 0.15) is 25.5 Å². The predicted molar refractivity (Wildman–Crippen MR) is 107 cm³/mol. The van der Waals surface area contributed by atoms with Crippen molar-refractivity contribution >= 4 is 21.9 Å². The van der Waals surface area contributed by atoms with Gasteiger partial charge in [-0.2, -0.15) is 0 Å². The molecule has 0 atom stereocenters. The maximum absolute atomic E-state index is 13.1. The first kappa shape index (κ1) is 18.0. The molecular weight excluding hydrogens is 360 g/mol. The Morgan fingerprint density at radius 2 is 1.68 bits per heavy atom. The Balaban J connectivity index is 1.96. The molecule has 6 heteroatoms. The molecule has 144 valence electrons. The second-order valence-electron chi connectivity index (χ2n) is 6.86. The molecule has 0 aliphatic rings. The van der Waals surface area contributed by atoms with E-state index in [1.54, 1.807) is 18.2 Å². The van der Waals surface area contributed by atoms with Crippen molar-refractivity contribution in [2.75, 3.05) is 14.2 Å². The molecule has 4 aromatic rings. The minimum atomic E-state index is -0.252. The van der Waals surface area contributed by atoms with Crippen LogP contribution >= 0.6 is 0 Å². The van der Waals surface area contributed by atoms with Crippen molar-refractivity contribution in [2.24, 2.45) is 0 Å². The smallest absolute Gasteiger partial charge is 0.200 e. The lowest BCUT2D eigenvalue weighted by Crippen LogP contribution is -2.05. The highest BCUT2D eigenvalue weighted by Crippen LogP contribution is 2.39. The lowest BCUT2D eigenvalue weighted by atomic mass is 10.0. The standard InChI is InChI=1S/C22H20O6/c1-11(2)18-8-14-17(28-18)6-5-12-21(24)15(10-27-22(12)14)13-7-19(25-3)20(26-4)9-16(13)23/h5-11,23H,1-4H3. The fourth-order valence-electron chi connectivity index (χ4n) is 3.28. The highest BCUT2D eigenvalue weighted by molar-refractivity contribution is 6.03. The normalized spacial score (nSPS) is 11.5. The molecule has 0 bridgehead atoms. The van der Waals surface area contributed by atoms with Gasteiger partial charge in [-0.15, -0.1) is 0 Å². The maximum atomic E-state index is 13.1. The number of hydrogen-bond acceptors (Lipinski definition) is 6. The van der Waals surface area contributed by atoms with Crippen LogP contribution in [-0.4, -0.2) is 19.3 Å². The Bertz CT molecular complexity index is 1250. The summed E-state index contributed by atoms with van der Waals surface area (Å²) in [6, 6.07) is 8.31. The molecule has 0 amide bonds. The van der Waals surface area contributed by atoms with Crippen LogP contribution in [0.4, 0.5) is 0 Å². The number of phenolic OH excluding ortho intramolecular Hbond substituents is 1. The van der Waals surface area contributed by atoms with Gasteiger partial charge < -0.3 is 23.4 Å². The molecule has 2 heterocycles. The molecule has 4 rings (SSSR count). The topological polar surface area (TPSA) is 82.0 Å². The first-order chi connectivity index (χ1) is 13.4. The van der Waals surface area contributed by atoms with Gasteiger partial charge in [0.2, 0.25) is 5.43 Å². The van der Waals surface area contributed by atoms with Gasteiger partial charge in [-0.3, -0.25) is 4.79 Å². The zero-order valence-corrected chi connectivity index (χ0v) is 16.0. The molecule has 6 nitrogen and oxygen atoms in total. The third-order valence-electron chi connectivity index (χ3n) is 4.82. The van der Waals surface area contributed by atoms with E-state index in [1.165, 1.54) is 26.5 Å². The fourth-order valence-corrected chi connectivity index (χ4v) is 3.28. The number of benzene rings is 2. The molecule has 0 saturated carbocycles. The molecule has 0 unspecified atom stereocenters. The predicted octanol–water partition coefficient (Wildman–Crippen LogP) is 5.05. The number of rotatable bonds is 4. The van der Waals surface area contributed by atoms with Crippen LogP contribution in [0.25, 0.3) is 33.1 Å². The molecule has 0 aliphatic heterocycles. The van der Waals surface area contributed by atoms with Gasteiger partial charge in [0.1, 0.15) is 28.9 Å². The zero-order chi connectivity index (χ0) is 20.0. The molecule has 0 aliphatic carbocycles. The van der Waals surface area contributed by atoms with Gasteiger partial charge in [-0.05, 0) is 24.3 Å². The fraction of sp³-hybridized carbons (Fsp3) is 0.227. The molecule has 28 heavy (non-hydrogen) atoms. The van der Waals surface area contributed by atoms with Crippen molar-refractivity contribution in [3.05, 3.63) is 52.6 Å². The summed E-state index contributed by atoms with van der Waals surface area (Å²) in [5.74, 6) is 1.72. The maximum Gasteiger partial charge on any atom is 0.200 e. The van der Waals surface area contributed by atoms with Crippen LogP contribution in [-0.2, 0) is 0 Å². The van der Waals surface area contributed by atoms with Crippen molar-refractivity contribution < 1.29 is 23.4 Å². The van der Waals surface area contributed by atoms with Gasteiger partial charge in [0.25, 0.3) is 0 Å². The van der Waals surface area contributed by atoms with Crippen LogP contribution in [0.2, 0.25) is 0 Å². The lowest BCUT2D eigenvalue weighted by Gasteiger charge is -2.11. The Hall–Kier alpha value is -3.41. The van der Waals surface area contributed by atoms with E-state index in [2.05, 4.69) is 0 Å². The van der Waals surface area contributed by atoms with E-state index < -0.39 is 0 Å². The Morgan fingerprint density at radius 3 is 2.36 bits per heavy atom. The molecule has 2 aromatic heterocycles. The number of aromatic hydroxyl groups is 1. The first-order valence-corrected chi connectivity index (χ1v) is 8.88. The van der Waals surface area contributed by atoms with Crippen LogP contribution in [0, 0.1) is 0 Å². The summed E-state index contributed by atoms with van der Waals surface area (Å²) < 4.78 is 22.1. The molecule has 1 N–H and O–H groups in total. The number of furan rings is 1.